The van der Waals surface area contributed by atoms with E-state index in [-0.39, 0.29) is 6.04 Å². The highest BCUT2D eigenvalue weighted by molar-refractivity contribution is 5.87. The van der Waals surface area contributed by atoms with Crippen LogP contribution in [0.5, 0.6) is 0 Å². The third-order valence-electron chi connectivity index (χ3n) is 6.20. The summed E-state index contributed by atoms with van der Waals surface area (Å²) in [7, 11) is 0. The van der Waals surface area contributed by atoms with Crippen LogP contribution in [0.3, 0.4) is 0 Å². The second-order valence-corrected chi connectivity index (χ2v) is 7.96. The van der Waals surface area contributed by atoms with E-state index in [2.05, 4.69) is 62.4 Å². The van der Waals surface area contributed by atoms with Crippen LogP contribution in [-0.2, 0) is 6.42 Å². The van der Waals surface area contributed by atoms with E-state index in [1.165, 1.54) is 49.9 Å². The van der Waals surface area contributed by atoms with E-state index in [0.717, 1.165) is 29.0 Å². The standard InChI is InChI=1S/C22H27N5/c1-15-13-18-21(25-15)23-14-24-22(18)26-20-17-8-4-3-7-16(17)9-10-19(20)27-11-5-2-6-12-27/h3-4,7-8,13-14,19-20H,2,5-6,9-12H2,1H3,(H2,23,24,25,26)/t19-,20-/m0/s1. The molecule has 1 fully saturated rings. The molecule has 5 rings (SSSR count). The first-order chi connectivity index (χ1) is 13.3. The molecule has 1 saturated heterocycles. The van der Waals surface area contributed by atoms with Crippen molar-refractivity contribution in [1.82, 2.24) is 19.9 Å². The third-order valence-corrected chi connectivity index (χ3v) is 6.20. The quantitative estimate of drug-likeness (QED) is 0.733. The second kappa shape index (κ2) is 6.97. The van der Waals surface area contributed by atoms with Crippen molar-refractivity contribution in [2.45, 2.75) is 51.1 Å². The van der Waals surface area contributed by atoms with Crippen molar-refractivity contribution < 1.29 is 0 Å². The van der Waals surface area contributed by atoms with Gasteiger partial charge in [0.1, 0.15) is 17.8 Å². The number of rotatable bonds is 3. The Balaban J connectivity index is 1.54. The lowest BCUT2D eigenvalue weighted by atomic mass is 9.82. The number of hydrogen-bond donors (Lipinski definition) is 2. The summed E-state index contributed by atoms with van der Waals surface area (Å²) in [5.74, 6) is 0.938. The molecule has 5 heteroatoms. The number of anilines is 1. The molecule has 3 aromatic rings. The van der Waals surface area contributed by atoms with Crippen LogP contribution < -0.4 is 5.32 Å². The van der Waals surface area contributed by atoms with E-state index in [1.807, 2.05) is 0 Å². The smallest absolute Gasteiger partial charge is 0.143 e. The van der Waals surface area contributed by atoms with Crippen molar-refractivity contribution in [2.75, 3.05) is 18.4 Å². The van der Waals surface area contributed by atoms with Crippen LogP contribution in [-0.4, -0.2) is 39.0 Å². The first kappa shape index (κ1) is 16.8. The van der Waals surface area contributed by atoms with Gasteiger partial charge >= 0.3 is 0 Å². The predicted octanol–water partition coefficient (Wildman–Crippen LogP) is 4.22. The molecule has 2 aliphatic rings. The van der Waals surface area contributed by atoms with E-state index in [1.54, 1.807) is 6.33 Å². The molecule has 5 nitrogen and oxygen atoms in total. The van der Waals surface area contributed by atoms with Crippen LogP contribution in [0, 0.1) is 6.92 Å². The number of nitrogens with zero attached hydrogens (tertiary/aromatic N) is 3. The van der Waals surface area contributed by atoms with Crippen LogP contribution in [0.15, 0.2) is 36.7 Å². The zero-order valence-electron chi connectivity index (χ0n) is 15.9. The van der Waals surface area contributed by atoms with Crippen LogP contribution in [0.25, 0.3) is 11.0 Å². The molecule has 3 heterocycles. The minimum atomic E-state index is 0.265. The molecule has 1 aromatic carbocycles. The number of aromatic amines is 1. The number of nitrogens with one attached hydrogen (secondary N) is 2. The second-order valence-electron chi connectivity index (χ2n) is 7.96. The maximum absolute atomic E-state index is 4.61. The average Bonchev–Trinajstić information content (AvgIpc) is 3.10. The Labute approximate surface area is 160 Å². The number of hydrogen-bond acceptors (Lipinski definition) is 4. The van der Waals surface area contributed by atoms with Gasteiger partial charge in [0.25, 0.3) is 0 Å². The topological polar surface area (TPSA) is 56.8 Å². The van der Waals surface area contributed by atoms with Gasteiger partial charge in [-0.15, -0.1) is 0 Å². The molecule has 2 atom stereocenters. The summed E-state index contributed by atoms with van der Waals surface area (Å²) in [6.07, 6.45) is 8.03. The lowest BCUT2D eigenvalue weighted by Crippen LogP contribution is -2.47. The Kier molecular flexibility index (Phi) is 4.32. The van der Waals surface area contributed by atoms with E-state index >= 15 is 0 Å². The average molecular weight is 361 g/mol. The Hall–Kier alpha value is -2.40. The number of piperidine rings is 1. The first-order valence-electron chi connectivity index (χ1n) is 10.2. The van der Waals surface area contributed by atoms with Crippen molar-refractivity contribution in [3.05, 3.63) is 53.5 Å². The number of fused-ring (bicyclic) bond motifs is 2. The minimum absolute atomic E-state index is 0.265. The first-order valence-corrected chi connectivity index (χ1v) is 10.2. The zero-order chi connectivity index (χ0) is 18.2. The third kappa shape index (κ3) is 3.10. The Morgan fingerprint density at radius 1 is 1.11 bits per heavy atom. The van der Waals surface area contributed by atoms with E-state index in [9.17, 15) is 0 Å². The van der Waals surface area contributed by atoms with E-state index < -0.39 is 0 Å². The van der Waals surface area contributed by atoms with Crippen molar-refractivity contribution in [1.29, 1.82) is 0 Å². The molecule has 1 aliphatic carbocycles. The number of benzene rings is 1. The Bertz CT molecular complexity index is 941. The molecule has 140 valence electrons. The molecular weight excluding hydrogens is 334 g/mol. The molecule has 0 spiro atoms. The van der Waals surface area contributed by atoms with Crippen molar-refractivity contribution in [3.8, 4) is 0 Å². The summed E-state index contributed by atoms with van der Waals surface area (Å²) in [5, 5.41) is 4.91. The molecule has 1 aliphatic heterocycles. The molecule has 0 bridgehead atoms. The fourth-order valence-electron chi connectivity index (χ4n) is 4.89. The molecule has 2 N–H and O–H groups in total. The molecule has 2 aromatic heterocycles. The summed E-state index contributed by atoms with van der Waals surface area (Å²) in [6, 6.07) is 11.8. The minimum Gasteiger partial charge on any atom is -0.361 e. The highest BCUT2D eigenvalue weighted by Crippen LogP contribution is 2.37. The lowest BCUT2D eigenvalue weighted by molar-refractivity contribution is 0.134. The van der Waals surface area contributed by atoms with E-state index in [0.29, 0.717) is 6.04 Å². The number of aromatic nitrogens is 3. The van der Waals surface area contributed by atoms with Crippen LogP contribution in [0.2, 0.25) is 0 Å². The highest BCUT2D eigenvalue weighted by Gasteiger charge is 2.34. The summed E-state index contributed by atoms with van der Waals surface area (Å²) < 4.78 is 0. The van der Waals surface area contributed by atoms with Gasteiger partial charge in [0, 0.05) is 11.7 Å². The van der Waals surface area contributed by atoms with Crippen molar-refractivity contribution in [3.63, 3.8) is 0 Å². The number of aryl methyl sites for hydroxylation is 2. The van der Waals surface area contributed by atoms with Gasteiger partial charge in [-0.1, -0.05) is 30.7 Å². The summed E-state index contributed by atoms with van der Waals surface area (Å²) in [6.45, 7) is 4.50. The summed E-state index contributed by atoms with van der Waals surface area (Å²) >= 11 is 0. The van der Waals surface area contributed by atoms with Gasteiger partial charge < -0.3 is 10.3 Å². The monoisotopic (exact) mass is 361 g/mol. The molecule has 27 heavy (non-hydrogen) atoms. The number of likely N-dealkylation sites (tertiary alicyclic amines) is 1. The summed E-state index contributed by atoms with van der Waals surface area (Å²) in [4.78, 5) is 15.0. The maximum atomic E-state index is 4.61. The predicted molar refractivity (Wildman–Crippen MR) is 109 cm³/mol. The van der Waals surface area contributed by atoms with Gasteiger partial charge in [0.05, 0.1) is 11.4 Å². The Morgan fingerprint density at radius 3 is 2.85 bits per heavy atom. The van der Waals surface area contributed by atoms with Gasteiger partial charge in [0.2, 0.25) is 0 Å². The van der Waals surface area contributed by atoms with Gasteiger partial charge in [-0.3, -0.25) is 4.90 Å². The molecule has 0 saturated carbocycles. The maximum Gasteiger partial charge on any atom is 0.143 e. The van der Waals surface area contributed by atoms with Gasteiger partial charge in [-0.2, -0.15) is 0 Å². The molecule has 0 radical (unpaired) electrons. The molecule has 0 unspecified atom stereocenters. The van der Waals surface area contributed by atoms with E-state index in [4.69, 9.17) is 0 Å². The van der Waals surface area contributed by atoms with Crippen molar-refractivity contribution in [2.24, 2.45) is 0 Å². The highest BCUT2D eigenvalue weighted by atomic mass is 15.2. The normalized spacial score (nSPS) is 23.3. The van der Waals surface area contributed by atoms with Crippen molar-refractivity contribution >= 4 is 16.9 Å². The van der Waals surface area contributed by atoms with Gasteiger partial charge in [-0.25, -0.2) is 9.97 Å². The fraction of sp³-hybridized carbons (Fsp3) is 0.455. The van der Waals surface area contributed by atoms with Gasteiger partial charge in [0.15, 0.2) is 0 Å². The zero-order valence-corrected chi connectivity index (χ0v) is 15.9. The largest absolute Gasteiger partial charge is 0.361 e. The SMILES string of the molecule is Cc1cc2c(N[C@H]3c4ccccc4CC[C@@H]3N3CCCCC3)ncnc2[nH]1. The lowest BCUT2D eigenvalue weighted by Gasteiger charge is -2.43. The Morgan fingerprint density at radius 2 is 1.96 bits per heavy atom. The fourth-order valence-corrected chi connectivity index (χ4v) is 4.89. The van der Waals surface area contributed by atoms with Crippen LogP contribution >= 0.6 is 0 Å². The summed E-state index contributed by atoms with van der Waals surface area (Å²) in [5.41, 5.74) is 4.92. The van der Waals surface area contributed by atoms with Crippen LogP contribution in [0.4, 0.5) is 5.82 Å². The molecular formula is C22H27N5. The number of H-pyrrole nitrogens is 1. The van der Waals surface area contributed by atoms with Crippen LogP contribution in [0.1, 0.15) is 48.5 Å². The van der Waals surface area contributed by atoms with Gasteiger partial charge in [-0.05, 0) is 62.9 Å². The molecule has 0 amide bonds.